The molecule has 5 aliphatic heterocycles. The summed E-state index contributed by atoms with van der Waals surface area (Å²) in [5.74, 6) is -0.599. The average Bonchev–Trinajstić information content (AvgIpc) is 3.59. The summed E-state index contributed by atoms with van der Waals surface area (Å²) in [5.41, 5.74) is 13.3. The minimum atomic E-state index is -1.17. The Bertz CT molecular complexity index is 1080. The highest BCUT2D eigenvalue weighted by Gasteiger charge is 2.44. The summed E-state index contributed by atoms with van der Waals surface area (Å²) in [7, 11) is 0. The molecule has 8 atom stereocenters. The Balaban J connectivity index is 1.09. The van der Waals surface area contributed by atoms with Gasteiger partial charge in [0.1, 0.15) is 18.3 Å². The van der Waals surface area contributed by atoms with Crippen molar-refractivity contribution in [2.45, 2.75) is 120 Å². The second kappa shape index (κ2) is 16.3. The van der Waals surface area contributed by atoms with Crippen molar-refractivity contribution in [3.8, 4) is 0 Å². The number of nitrogens with zero attached hydrogens (tertiary/aromatic N) is 4. The molecule has 4 saturated heterocycles. The molecule has 1 aliphatic carbocycles. The van der Waals surface area contributed by atoms with E-state index < -0.39 is 36.5 Å². The van der Waals surface area contributed by atoms with Crippen LogP contribution in [0.15, 0.2) is 4.99 Å². The Morgan fingerprint density at radius 2 is 1.57 bits per heavy atom. The van der Waals surface area contributed by atoms with Crippen molar-refractivity contribution in [1.82, 2.24) is 25.3 Å². The van der Waals surface area contributed by atoms with Crippen LogP contribution in [-0.2, 0) is 9.59 Å². The Morgan fingerprint density at radius 3 is 2.34 bits per heavy atom. The van der Waals surface area contributed by atoms with Crippen LogP contribution < -0.4 is 22.1 Å². The van der Waals surface area contributed by atoms with E-state index in [9.17, 15) is 14.0 Å². The molecule has 5 fully saturated rings. The molecule has 2 amide bonds. The summed E-state index contributed by atoms with van der Waals surface area (Å²) in [6, 6.07) is -0.519. The molecule has 5 heterocycles. The summed E-state index contributed by atoms with van der Waals surface area (Å²) in [5, 5.41) is 6.31. The minimum absolute atomic E-state index is 0.0270. The number of alkyl halides is 2. The summed E-state index contributed by atoms with van der Waals surface area (Å²) < 4.78 is 30.4. The molecule has 6 rings (SSSR count). The largest absolute Gasteiger partial charge is 0.350 e. The van der Waals surface area contributed by atoms with Gasteiger partial charge in [0.25, 0.3) is 0 Å². The second-order valence-corrected chi connectivity index (χ2v) is 15.4. The first kappa shape index (κ1) is 35.1. The van der Waals surface area contributed by atoms with E-state index in [0.29, 0.717) is 56.6 Å². The van der Waals surface area contributed by atoms with Gasteiger partial charge in [-0.15, -0.1) is 0 Å². The molecular formula is C35H60F2N8O2. The molecule has 6 N–H and O–H groups in total. The third-order valence-corrected chi connectivity index (χ3v) is 12.3. The smallest absolute Gasteiger partial charge is 0.232 e. The number of rotatable bonds is 7. The van der Waals surface area contributed by atoms with Crippen molar-refractivity contribution >= 4 is 17.5 Å². The van der Waals surface area contributed by atoms with Crippen LogP contribution in [-0.4, -0.2) is 128 Å². The molecule has 0 spiro atoms. The first-order valence-corrected chi connectivity index (χ1v) is 18.9. The van der Waals surface area contributed by atoms with E-state index in [1.54, 1.807) is 0 Å². The predicted molar refractivity (Wildman–Crippen MR) is 180 cm³/mol. The number of piperidine rings is 3. The standard InChI is InChI=1S/C35H60F2N8O2/c36-25-9-6-8-23-7-2-3-10-27(23)31(41-19-25)30(33(38)39)34(46)42-29-21-40-20-28(37)32(29)44-16-11-24(12-17-44)35(47)45-18-13-26(22-45)43-14-4-1-5-15-43/h23-30,32-33,40H,1-22,38-39H2,(H,42,46). The quantitative estimate of drug-likeness (QED) is 0.308. The van der Waals surface area contributed by atoms with Crippen LogP contribution >= 0.6 is 0 Å². The molecule has 0 aromatic rings. The van der Waals surface area contributed by atoms with Crippen molar-refractivity contribution < 1.29 is 18.4 Å². The first-order chi connectivity index (χ1) is 22.8. The molecule has 0 aromatic carbocycles. The number of carbonyl (C=O) groups excluding carboxylic acids is 2. The maximum atomic E-state index is 15.7. The number of halogens is 2. The van der Waals surface area contributed by atoms with Crippen molar-refractivity contribution in [3.63, 3.8) is 0 Å². The van der Waals surface area contributed by atoms with E-state index in [-0.39, 0.29) is 36.7 Å². The number of aliphatic imine (C=N–C) groups is 1. The van der Waals surface area contributed by atoms with Gasteiger partial charge in [-0.05, 0) is 89.9 Å². The van der Waals surface area contributed by atoms with E-state index in [1.165, 1.54) is 19.3 Å². The predicted octanol–water partition coefficient (Wildman–Crippen LogP) is 2.21. The van der Waals surface area contributed by atoms with E-state index in [0.717, 1.165) is 71.1 Å². The van der Waals surface area contributed by atoms with Gasteiger partial charge in [-0.3, -0.25) is 24.4 Å². The van der Waals surface area contributed by atoms with Crippen LogP contribution in [0.2, 0.25) is 0 Å². The van der Waals surface area contributed by atoms with Gasteiger partial charge in [0.05, 0.1) is 24.8 Å². The third-order valence-electron chi connectivity index (χ3n) is 12.3. The fourth-order valence-corrected chi connectivity index (χ4v) is 9.78. The van der Waals surface area contributed by atoms with Gasteiger partial charge >= 0.3 is 0 Å². The van der Waals surface area contributed by atoms with Crippen LogP contribution in [0.5, 0.6) is 0 Å². The molecule has 0 radical (unpaired) electrons. The number of fused-ring (bicyclic) bond motifs is 1. The SMILES string of the molecule is NC(N)C(C(=O)NC1CNCC(F)C1N1CCC(C(=O)N2CCC(N3CCCCC3)C2)CC1)C1=NCC(F)CCCC2CCCCC12. The van der Waals surface area contributed by atoms with Crippen LogP contribution in [0.4, 0.5) is 8.78 Å². The fourth-order valence-electron chi connectivity index (χ4n) is 9.78. The third kappa shape index (κ3) is 8.36. The molecule has 0 bridgehead atoms. The zero-order valence-electron chi connectivity index (χ0n) is 28.3. The van der Waals surface area contributed by atoms with Crippen molar-refractivity contribution in [1.29, 1.82) is 0 Å². The summed E-state index contributed by atoms with van der Waals surface area (Å²) >= 11 is 0. The Labute approximate surface area is 280 Å². The topological polar surface area (TPSA) is 132 Å². The van der Waals surface area contributed by atoms with Gasteiger partial charge in [-0.2, -0.15) is 0 Å². The number of amides is 2. The van der Waals surface area contributed by atoms with Crippen LogP contribution in [0.3, 0.4) is 0 Å². The molecule has 47 heavy (non-hydrogen) atoms. The van der Waals surface area contributed by atoms with Gasteiger partial charge in [0.15, 0.2) is 0 Å². The molecule has 6 aliphatic rings. The van der Waals surface area contributed by atoms with Gasteiger partial charge in [-0.1, -0.05) is 25.7 Å². The van der Waals surface area contributed by atoms with E-state index in [4.69, 9.17) is 16.5 Å². The van der Waals surface area contributed by atoms with E-state index in [2.05, 4.69) is 25.3 Å². The summed E-state index contributed by atoms with van der Waals surface area (Å²) in [6.45, 7) is 5.87. The first-order valence-electron chi connectivity index (χ1n) is 18.9. The lowest BCUT2D eigenvalue weighted by Crippen LogP contribution is -2.67. The van der Waals surface area contributed by atoms with Crippen LogP contribution in [0, 0.1) is 23.7 Å². The van der Waals surface area contributed by atoms with Crippen LogP contribution in [0.1, 0.15) is 83.5 Å². The minimum Gasteiger partial charge on any atom is -0.350 e. The number of likely N-dealkylation sites (tertiary alicyclic amines) is 3. The molecule has 0 aromatic heterocycles. The van der Waals surface area contributed by atoms with Crippen LogP contribution in [0.25, 0.3) is 0 Å². The highest BCUT2D eigenvalue weighted by molar-refractivity contribution is 6.06. The summed E-state index contributed by atoms with van der Waals surface area (Å²) in [6.07, 6.45) is 9.41. The number of hydrogen-bond donors (Lipinski definition) is 4. The summed E-state index contributed by atoms with van der Waals surface area (Å²) in [4.78, 5) is 39.2. The number of hydrogen-bond acceptors (Lipinski definition) is 8. The lowest BCUT2D eigenvalue weighted by molar-refractivity contribution is -0.136. The van der Waals surface area contributed by atoms with Gasteiger partial charge in [0.2, 0.25) is 11.8 Å². The Morgan fingerprint density at radius 1 is 0.830 bits per heavy atom. The lowest BCUT2D eigenvalue weighted by atomic mass is 9.71. The molecule has 266 valence electrons. The van der Waals surface area contributed by atoms with Gasteiger partial charge in [-0.25, -0.2) is 8.78 Å². The highest BCUT2D eigenvalue weighted by Crippen LogP contribution is 2.38. The highest BCUT2D eigenvalue weighted by atomic mass is 19.1. The van der Waals surface area contributed by atoms with Crippen molar-refractivity contribution in [3.05, 3.63) is 0 Å². The maximum absolute atomic E-state index is 15.7. The second-order valence-electron chi connectivity index (χ2n) is 15.4. The molecule has 8 unspecified atom stereocenters. The molecule has 10 nitrogen and oxygen atoms in total. The van der Waals surface area contributed by atoms with Crippen molar-refractivity contribution in [2.24, 2.45) is 40.1 Å². The van der Waals surface area contributed by atoms with Gasteiger partial charge < -0.3 is 27.0 Å². The normalized spacial score (nSPS) is 36.1. The van der Waals surface area contributed by atoms with E-state index in [1.807, 2.05) is 0 Å². The number of nitrogens with one attached hydrogen (secondary N) is 2. The zero-order valence-corrected chi connectivity index (χ0v) is 28.3. The van der Waals surface area contributed by atoms with Gasteiger partial charge in [0, 0.05) is 49.8 Å². The Kier molecular flexibility index (Phi) is 12.2. The zero-order chi connectivity index (χ0) is 32.9. The number of nitrogens with two attached hydrogens (primary N) is 2. The molecule has 12 heteroatoms. The molecular weight excluding hydrogens is 602 g/mol. The Hall–Kier alpha value is -1.73. The molecule has 1 saturated carbocycles. The fraction of sp³-hybridized carbons (Fsp3) is 0.914. The maximum Gasteiger partial charge on any atom is 0.232 e. The lowest BCUT2D eigenvalue weighted by Gasteiger charge is -2.45. The average molecular weight is 663 g/mol. The van der Waals surface area contributed by atoms with E-state index >= 15 is 4.39 Å². The monoisotopic (exact) mass is 662 g/mol. The van der Waals surface area contributed by atoms with Crippen molar-refractivity contribution in [2.75, 3.05) is 58.9 Å². The number of carbonyl (C=O) groups is 2.